The molecule has 96 valence electrons. The van der Waals surface area contributed by atoms with Crippen LogP contribution in [0.3, 0.4) is 0 Å². The Kier molecular flexibility index (Phi) is 4.40. The molecule has 0 amide bonds. The fourth-order valence-electron chi connectivity index (χ4n) is 1.40. The zero-order chi connectivity index (χ0) is 13.1. The number of sulfonamides is 1. The first-order valence-electron chi connectivity index (χ1n) is 5.58. The summed E-state index contributed by atoms with van der Waals surface area (Å²) in [5.41, 5.74) is 1.57. The van der Waals surface area contributed by atoms with Crippen molar-refractivity contribution in [3.05, 3.63) is 23.8 Å². The van der Waals surface area contributed by atoms with Crippen molar-refractivity contribution in [3.8, 4) is 5.75 Å². The van der Waals surface area contributed by atoms with Gasteiger partial charge >= 0.3 is 0 Å². The van der Waals surface area contributed by atoms with Crippen LogP contribution in [0, 0.1) is 0 Å². The predicted octanol–water partition coefficient (Wildman–Crippen LogP) is 2.58. The van der Waals surface area contributed by atoms with E-state index in [0.29, 0.717) is 17.4 Å². The molecule has 0 spiro atoms. The number of methoxy groups -OCH3 is 1. The third-order valence-corrected chi connectivity index (χ3v) is 3.83. The maximum Gasteiger partial charge on any atom is 0.232 e. The van der Waals surface area contributed by atoms with Gasteiger partial charge in [0.05, 0.1) is 18.6 Å². The van der Waals surface area contributed by atoms with Crippen LogP contribution < -0.4 is 9.46 Å². The molecule has 0 heterocycles. The Balaban J connectivity index is 3.15. The summed E-state index contributed by atoms with van der Waals surface area (Å²) < 4.78 is 30.8. The van der Waals surface area contributed by atoms with Crippen molar-refractivity contribution < 1.29 is 13.2 Å². The molecule has 4 nitrogen and oxygen atoms in total. The Morgan fingerprint density at radius 1 is 1.35 bits per heavy atom. The minimum Gasteiger partial charge on any atom is -0.495 e. The van der Waals surface area contributed by atoms with Gasteiger partial charge in [-0.05, 0) is 30.5 Å². The van der Waals surface area contributed by atoms with E-state index >= 15 is 0 Å². The van der Waals surface area contributed by atoms with Crippen LogP contribution in [0.25, 0.3) is 0 Å². The van der Waals surface area contributed by atoms with Crippen molar-refractivity contribution in [3.63, 3.8) is 0 Å². The molecule has 0 aliphatic rings. The Morgan fingerprint density at radius 2 is 2.00 bits per heavy atom. The number of ether oxygens (including phenoxy) is 1. The third-order valence-electron chi connectivity index (χ3n) is 2.54. The normalized spacial score (nSPS) is 11.6. The molecule has 5 heteroatoms. The predicted molar refractivity (Wildman–Crippen MR) is 70.2 cm³/mol. The summed E-state index contributed by atoms with van der Waals surface area (Å²) in [5.74, 6) is 0.916. The Hall–Kier alpha value is -1.23. The fraction of sp³-hybridized carbons (Fsp3) is 0.500. The van der Waals surface area contributed by atoms with Gasteiger partial charge in [0, 0.05) is 0 Å². The van der Waals surface area contributed by atoms with Crippen molar-refractivity contribution in [2.45, 2.75) is 26.7 Å². The molecular formula is C12H19NO3S. The van der Waals surface area contributed by atoms with E-state index in [1.54, 1.807) is 13.0 Å². The van der Waals surface area contributed by atoms with Crippen molar-refractivity contribution in [2.75, 3.05) is 17.6 Å². The average molecular weight is 257 g/mol. The lowest BCUT2D eigenvalue weighted by molar-refractivity contribution is 0.416. The fourth-order valence-corrected chi connectivity index (χ4v) is 2.04. The SMILES string of the molecule is CCS(=O)(=O)Nc1cc(C(C)C)ccc1OC. The lowest BCUT2D eigenvalue weighted by Crippen LogP contribution is -2.15. The largest absolute Gasteiger partial charge is 0.495 e. The van der Waals surface area contributed by atoms with Crippen LogP contribution in [0.1, 0.15) is 32.3 Å². The highest BCUT2D eigenvalue weighted by atomic mass is 32.2. The first-order valence-corrected chi connectivity index (χ1v) is 7.23. The lowest BCUT2D eigenvalue weighted by atomic mass is 10.0. The summed E-state index contributed by atoms with van der Waals surface area (Å²) in [5, 5.41) is 0. The third kappa shape index (κ3) is 3.63. The van der Waals surface area contributed by atoms with Crippen LogP contribution in [0.15, 0.2) is 18.2 Å². The van der Waals surface area contributed by atoms with E-state index in [9.17, 15) is 8.42 Å². The second kappa shape index (κ2) is 5.40. The number of benzene rings is 1. The molecule has 1 aromatic rings. The maximum atomic E-state index is 11.6. The van der Waals surface area contributed by atoms with E-state index in [1.165, 1.54) is 7.11 Å². The van der Waals surface area contributed by atoms with Gasteiger partial charge in [-0.15, -0.1) is 0 Å². The second-order valence-electron chi connectivity index (χ2n) is 4.12. The molecule has 0 aliphatic carbocycles. The Labute approximate surface area is 103 Å². The van der Waals surface area contributed by atoms with E-state index in [2.05, 4.69) is 18.6 Å². The quantitative estimate of drug-likeness (QED) is 0.882. The molecule has 0 aliphatic heterocycles. The number of nitrogens with one attached hydrogen (secondary N) is 1. The van der Waals surface area contributed by atoms with Gasteiger partial charge in [0.25, 0.3) is 0 Å². The summed E-state index contributed by atoms with van der Waals surface area (Å²) in [6, 6.07) is 5.53. The van der Waals surface area contributed by atoms with Gasteiger partial charge < -0.3 is 4.74 Å². The van der Waals surface area contributed by atoms with Crippen molar-refractivity contribution in [1.29, 1.82) is 0 Å². The van der Waals surface area contributed by atoms with Gasteiger partial charge in [0.2, 0.25) is 10.0 Å². The van der Waals surface area contributed by atoms with Crippen LogP contribution in [0.4, 0.5) is 5.69 Å². The van der Waals surface area contributed by atoms with E-state index < -0.39 is 10.0 Å². The number of hydrogen-bond acceptors (Lipinski definition) is 3. The number of rotatable bonds is 5. The van der Waals surface area contributed by atoms with E-state index in [1.807, 2.05) is 12.1 Å². The highest BCUT2D eigenvalue weighted by Crippen LogP contribution is 2.29. The van der Waals surface area contributed by atoms with Crippen LogP contribution in [-0.2, 0) is 10.0 Å². The summed E-state index contributed by atoms with van der Waals surface area (Å²) >= 11 is 0. The highest BCUT2D eigenvalue weighted by Gasteiger charge is 2.12. The molecule has 0 aromatic heterocycles. The Morgan fingerprint density at radius 3 is 2.47 bits per heavy atom. The van der Waals surface area contributed by atoms with Gasteiger partial charge in [-0.1, -0.05) is 19.9 Å². The molecule has 0 saturated heterocycles. The molecule has 0 bridgehead atoms. The first-order chi connectivity index (χ1) is 7.89. The van der Waals surface area contributed by atoms with E-state index in [4.69, 9.17) is 4.74 Å². The monoisotopic (exact) mass is 257 g/mol. The number of anilines is 1. The molecule has 0 fully saturated rings. The number of hydrogen-bond donors (Lipinski definition) is 1. The molecule has 0 saturated carbocycles. The topological polar surface area (TPSA) is 55.4 Å². The average Bonchev–Trinajstić information content (AvgIpc) is 2.28. The van der Waals surface area contributed by atoms with Crippen molar-refractivity contribution in [1.82, 2.24) is 0 Å². The molecule has 17 heavy (non-hydrogen) atoms. The Bertz CT molecular complexity index is 481. The van der Waals surface area contributed by atoms with Gasteiger partial charge in [-0.2, -0.15) is 0 Å². The highest BCUT2D eigenvalue weighted by molar-refractivity contribution is 7.92. The summed E-state index contributed by atoms with van der Waals surface area (Å²) in [7, 11) is -1.76. The maximum absolute atomic E-state index is 11.6. The zero-order valence-electron chi connectivity index (χ0n) is 10.6. The zero-order valence-corrected chi connectivity index (χ0v) is 11.5. The molecule has 1 N–H and O–H groups in total. The van der Waals surface area contributed by atoms with Crippen LogP contribution in [0.2, 0.25) is 0 Å². The van der Waals surface area contributed by atoms with Gasteiger partial charge in [-0.3, -0.25) is 4.72 Å². The van der Waals surface area contributed by atoms with Crippen LogP contribution >= 0.6 is 0 Å². The molecular weight excluding hydrogens is 238 g/mol. The molecule has 0 atom stereocenters. The molecule has 1 rings (SSSR count). The molecule has 0 radical (unpaired) electrons. The van der Waals surface area contributed by atoms with Gasteiger partial charge in [0.15, 0.2) is 0 Å². The summed E-state index contributed by atoms with van der Waals surface area (Å²) in [6.07, 6.45) is 0. The van der Waals surface area contributed by atoms with Gasteiger partial charge in [0.1, 0.15) is 5.75 Å². The minimum absolute atomic E-state index is 0.0437. The summed E-state index contributed by atoms with van der Waals surface area (Å²) in [4.78, 5) is 0. The van der Waals surface area contributed by atoms with E-state index in [0.717, 1.165) is 5.56 Å². The second-order valence-corrected chi connectivity index (χ2v) is 6.13. The van der Waals surface area contributed by atoms with Crippen molar-refractivity contribution >= 4 is 15.7 Å². The standard InChI is InChI=1S/C12H19NO3S/c1-5-17(14,15)13-11-8-10(9(2)3)6-7-12(11)16-4/h6-9,13H,5H2,1-4H3. The van der Waals surface area contributed by atoms with Crippen molar-refractivity contribution in [2.24, 2.45) is 0 Å². The first kappa shape index (κ1) is 13.8. The van der Waals surface area contributed by atoms with E-state index in [-0.39, 0.29) is 5.75 Å². The van der Waals surface area contributed by atoms with Crippen LogP contribution in [0.5, 0.6) is 5.75 Å². The minimum atomic E-state index is -3.28. The molecule has 0 unspecified atom stereocenters. The summed E-state index contributed by atoms with van der Waals surface area (Å²) in [6.45, 7) is 5.71. The lowest BCUT2D eigenvalue weighted by Gasteiger charge is -2.14. The van der Waals surface area contributed by atoms with Gasteiger partial charge in [-0.25, -0.2) is 8.42 Å². The van der Waals surface area contributed by atoms with Crippen LogP contribution in [-0.4, -0.2) is 21.3 Å². The smallest absolute Gasteiger partial charge is 0.232 e. The molecule has 1 aromatic carbocycles.